The first-order valence-corrected chi connectivity index (χ1v) is 5.30. The van der Waals surface area contributed by atoms with Gasteiger partial charge < -0.3 is 4.74 Å². The van der Waals surface area contributed by atoms with Gasteiger partial charge in [-0.15, -0.1) is 0 Å². The van der Waals surface area contributed by atoms with Crippen LogP contribution in [0.3, 0.4) is 0 Å². The molecule has 1 atom stereocenters. The van der Waals surface area contributed by atoms with E-state index in [0.717, 1.165) is 37.0 Å². The Kier molecular flexibility index (Phi) is 2.14. The zero-order valence-electron chi connectivity index (χ0n) is 8.47. The van der Waals surface area contributed by atoms with Crippen LogP contribution in [0.15, 0.2) is 24.7 Å². The van der Waals surface area contributed by atoms with Crippen LogP contribution in [0.25, 0.3) is 10.9 Å². The second-order valence-corrected chi connectivity index (χ2v) is 3.89. The third-order valence-corrected chi connectivity index (χ3v) is 2.88. The molecule has 3 rings (SSSR count). The van der Waals surface area contributed by atoms with Crippen LogP contribution < -0.4 is 0 Å². The van der Waals surface area contributed by atoms with Crippen LogP contribution in [0, 0.1) is 0 Å². The number of nitrogens with zero attached hydrogens (tertiary/aromatic N) is 3. The molecular weight excluding hydrogens is 190 g/mol. The number of hydrogen-bond acceptors (Lipinski definition) is 3. The van der Waals surface area contributed by atoms with E-state index >= 15 is 0 Å². The number of pyridine rings is 1. The molecule has 0 saturated carbocycles. The Labute approximate surface area is 87.9 Å². The Morgan fingerprint density at radius 3 is 3.27 bits per heavy atom. The summed E-state index contributed by atoms with van der Waals surface area (Å²) in [5.74, 6) is 0. The monoisotopic (exact) mass is 203 g/mol. The normalized spacial score (nSPS) is 22.0. The lowest BCUT2D eigenvalue weighted by Gasteiger charge is -2.22. The molecule has 4 nitrogen and oxygen atoms in total. The van der Waals surface area contributed by atoms with Gasteiger partial charge >= 0.3 is 0 Å². The SMILES string of the molecule is c1cc2cnn(C3CCCOC3)c2cn1. The Bertz CT molecular complexity index is 460. The Morgan fingerprint density at radius 2 is 2.40 bits per heavy atom. The molecule has 0 aromatic carbocycles. The molecule has 2 aromatic rings. The number of rotatable bonds is 1. The van der Waals surface area contributed by atoms with Crippen molar-refractivity contribution < 1.29 is 4.74 Å². The fourth-order valence-corrected chi connectivity index (χ4v) is 2.09. The molecule has 1 aliphatic heterocycles. The molecule has 0 N–H and O–H groups in total. The Balaban J connectivity index is 2.02. The average molecular weight is 203 g/mol. The molecule has 3 heterocycles. The Morgan fingerprint density at radius 1 is 1.40 bits per heavy atom. The van der Waals surface area contributed by atoms with Crippen LogP contribution in [-0.4, -0.2) is 28.0 Å². The summed E-state index contributed by atoms with van der Waals surface area (Å²) < 4.78 is 7.52. The molecule has 1 saturated heterocycles. The van der Waals surface area contributed by atoms with Crippen molar-refractivity contribution in [2.45, 2.75) is 18.9 Å². The molecule has 78 valence electrons. The largest absolute Gasteiger partial charge is 0.379 e. The number of hydrogen-bond donors (Lipinski definition) is 0. The van der Waals surface area contributed by atoms with Gasteiger partial charge in [-0.1, -0.05) is 0 Å². The van der Waals surface area contributed by atoms with E-state index in [0.29, 0.717) is 6.04 Å². The van der Waals surface area contributed by atoms with E-state index in [1.807, 2.05) is 23.1 Å². The van der Waals surface area contributed by atoms with Crippen LogP contribution in [0.5, 0.6) is 0 Å². The minimum absolute atomic E-state index is 0.375. The molecule has 0 amide bonds. The average Bonchev–Trinajstić information content (AvgIpc) is 2.74. The molecule has 0 bridgehead atoms. The van der Waals surface area contributed by atoms with Gasteiger partial charge in [0.2, 0.25) is 0 Å². The zero-order chi connectivity index (χ0) is 10.1. The van der Waals surface area contributed by atoms with E-state index in [1.165, 1.54) is 0 Å². The van der Waals surface area contributed by atoms with Gasteiger partial charge in [-0.3, -0.25) is 9.67 Å². The quantitative estimate of drug-likeness (QED) is 0.709. The lowest BCUT2D eigenvalue weighted by molar-refractivity contribution is 0.0565. The van der Waals surface area contributed by atoms with Crippen molar-refractivity contribution in [1.29, 1.82) is 0 Å². The van der Waals surface area contributed by atoms with Gasteiger partial charge in [-0.05, 0) is 18.9 Å². The summed E-state index contributed by atoms with van der Waals surface area (Å²) in [7, 11) is 0. The third-order valence-electron chi connectivity index (χ3n) is 2.88. The zero-order valence-corrected chi connectivity index (χ0v) is 8.47. The number of aromatic nitrogens is 3. The van der Waals surface area contributed by atoms with Gasteiger partial charge in [0, 0.05) is 18.2 Å². The van der Waals surface area contributed by atoms with Crippen molar-refractivity contribution in [1.82, 2.24) is 14.8 Å². The smallest absolute Gasteiger partial charge is 0.0869 e. The van der Waals surface area contributed by atoms with Gasteiger partial charge in [0.05, 0.1) is 30.6 Å². The van der Waals surface area contributed by atoms with E-state index in [2.05, 4.69) is 10.1 Å². The van der Waals surface area contributed by atoms with E-state index in [9.17, 15) is 0 Å². The summed E-state index contributed by atoms with van der Waals surface area (Å²) in [5, 5.41) is 5.56. The van der Waals surface area contributed by atoms with E-state index in [4.69, 9.17) is 4.74 Å². The first-order chi connectivity index (χ1) is 7.45. The highest BCUT2D eigenvalue weighted by atomic mass is 16.5. The third kappa shape index (κ3) is 1.51. The predicted octanol–water partition coefficient (Wildman–Crippen LogP) is 1.78. The molecular formula is C11H13N3O. The van der Waals surface area contributed by atoms with Crippen molar-refractivity contribution in [2.24, 2.45) is 0 Å². The van der Waals surface area contributed by atoms with Gasteiger partial charge in [-0.2, -0.15) is 5.10 Å². The highest BCUT2D eigenvalue weighted by molar-refractivity contribution is 5.77. The second kappa shape index (κ2) is 3.62. The fourth-order valence-electron chi connectivity index (χ4n) is 2.09. The molecule has 1 fully saturated rings. The van der Waals surface area contributed by atoms with Crippen molar-refractivity contribution in [3.8, 4) is 0 Å². The minimum Gasteiger partial charge on any atom is -0.379 e. The van der Waals surface area contributed by atoms with Crippen molar-refractivity contribution in [2.75, 3.05) is 13.2 Å². The molecule has 0 aliphatic carbocycles. The van der Waals surface area contributed by atoms with Gasteiger partial charge in [-0.25, -0.2) is 0 Å². The maximum Gasteiger partial charge on any atom is 0.0869 e. The maximum absolute atomic E-state index is 5.47. The van der Waals surface area contributed by atoms with Crippen LogP contribution in [0.2, 0.25) is 0 Å². The lowest BCUT2D eigenvalue weighted by atomic mass is 10.1. The number of ether oxygens (including phenoxy) is 1. The van der Waals surface area contributed by atoms with Crippen LogP contribution in [-0.2, 0) is 4.74 Å². The molecule has 1 aliphatic rings. The molecule has 2 aromatic heterocycles. The second-order valence-electron chi connectivity index (χ2n) is 3.89. The van der Waals surface area contributed by atoms with E-state index < -0.39 is 0 Å². The highest BCUT2D eigenvalue weighted by Gasteiger charge is 2.18. The fraction of sp³-hybridized carbons (Fsp3) is 0.455. The molecule has 15 heavy (non-hydrogen) atoms. The van der Waals surface area contributed by atoms with Crippen molar-refractivity contribution >= 4 is 10.9 Å². The lowest BCUT2D eigenvalue weighted by Crippen LogP contribution is -2.21. The summed E-state index contributed by atoms with van der Waals surface area (Å²) in [4.78, 5) is 4.14. The molecule has 0 spiro atoms. The van der Waals surface area contributed by atoms with Crippen molar-refractivity contribution in [3.05, 3.63) is 24.7 Å². The summed E-state index contributed by atoms with van der Waals surface area (Å²) >= 11 is 0. The summed E-state index contributed by atoms with van der Waals surface area (Å²) in [5.41, 5.74) is 1.10. The summed E-state index contributed by atoms with van der Waals surface area (Å²) in [6.45, 7) is 1.65. The standard InChI is InChI=1S/C11H13N3O/c1-2-10(8-15-5-1)14-11-7-12-4-3-9(11)6-13-14/h3-4,6-7,10H,1-2,5,8H2. The maximum atomic E-state index is 5.47. The predicted molar refractivity (Wildman–Crippen MR) is 56.6 cm³/mol. The minimum atomic E-state index is 0.375. The first-order valence-electron chi connectivity index (χ1n) is 5.30. The first kappa shape index (κ1) is 8.85. The Hall–Kier alpha value is -1.42. The van der Waals surface area contributed by atoms with E-state index in [-0.39, 0.29) is 0 Å². The molecule has 1 unspecified atom stereocenters. The van der Waals surface area contributed by atoms with Gasteiger partial charge in [0.25, 0.3) is 0 Å². The van der Waals surface area contributed by atoms with E-state index in [1.54, 1.807) is 6.20 Å². The molecule has 0 radical (unpaired) electrons. The number of fused-ring (bicyclic) bond motifs is 1. The van der Waals surface area contributed by atoms with Gasteiger partial charge in [0.1, 0.15) is 0 Å². The van der Waals surface area contributed by atoms with Crippen molar-refractivity contribution in [3.63, 3.8) is 0 Å². The molecule has 4 heteroatoms. The van der Waals surface area contributed by atoms with Crippen LogP contribution >= 0.6 is 0 Å². The van der Waals surface area contributed by atoms with Gasteiger partial charge in [0.15, 0.2) is 0 Å². The summed E-state index contributed by atoms with van der Waals surface area (Å²) in [6.07, 6.45) is 7.83. The van der Waals surface area contributed by atoms with Crippen LogP contribution in [0.1, 0.15) is 18.9 Å². The topological polar surface area (TPSA) is 39.9 Å². The highest BCUT2D eigenvalue weighted by Crippen LogP contribution is 2.23. The summed E-state index contributed by atoms with van der Waals surface area (Å²) in [6, 6.07) is 2.36. The van der Waals surface area contributed by atoms with Crippen LogP contribution in [0.4, 0.5) is 0 Å².